The summed E-state index contributed by atoms with van der Waals surface area (Å²) >= 11 is 0. The van der Waals surface area contributed by atoms with Crippen LogP contribution in [0.25, 0.3) is 22.0 Å². The van der Waals surface area contributed by atoms with E-state index in [2.05, 4.69) is 38.2 Å². The van der Waals surface area contributed by atoms with E-state index >= 15 is 0 Å². The number of hydrogen-bond donors (Lipinski definition) is 4. The minimum absolute atomic E-state index is 0.113. The zero-order chi connectivity index (χ0) is 26.0. The zero-order valence-electron chi connectivity index (χ0n) is 21.5. The maximum Gasteiger partial charge on any atom is 0.259 e. The van der Waals surface area contributed by atoms with Gasteiger partial charge < -0.3 is 20.9 Å². The normalized spacial score (nSPS) is 14.6. The highest BCUT2D eigenvalue weighted by atomic mass is 16.2. The number of hydrogen-bond acceptors (Lipinski definition) is 6. The second-order valence-corrected chi connectivity index (χ2v) is 9.99. The number of carbonyl (C=O) groups is 1. The van der Waals surface area contributed by atoms with Crippen LogP contribution in [-0.4, -0.2) is 45.3 Å². The molecule has 4 N–H and O–H groups in total. The summed E-state index contributed by atoms with van der Waals surface area (Å²) < 4.78 is 1.64. The average molecular weight is 500 g/mol. The number of fused-ring (bicyclic) bond motifs is 1. The summed E-state index contributed by atoms with van der Waals surface area (Å²) in [6.07, 6.45) is 7.42. The molecule has 0 aliphatic carbocycles. The minimum Gasteiger partial charge on any atom is -0.354 e. The zero-order valence-corrected chi connectivity index (χ0v) is 21.5. The van der Waals surface area contributed by atoms with Crippen molar-refractivity contribution in [2.75, 3.05) is 25.0 Å². The summed E-state index contributed by atoms with van der Waals surface area (Å²) in [7, 11) is 0. The van der Waals surface area contributed by atoms with Gasteiger partial charge in [-0.15, -0.1) is 0 Å². The molecule has 9 nitrogen and oxygen atoms in total. The van der Waals surface area contributed by atoms with Crippen molar-refractivity contribution in [3.8, 4) is 11.3 Å². The molecule has 0 spiro atoms. The Labute approximate surface area is 215 Å². The first-order chi connectivity index (χ1) is 17.9. The van der Waals surface area contributed by atoms with Gasteiger partial charge in [0.25, 0.3) is 5.56 Å². The number of aromatic amines is 1. The van der Waals surface area contributed by atoms with Gasteiger partial charge in [-0.3, -0.25) is 14.3 Å². The van der Waals surface area contributed by atoms with Gasteiger partial charge in [0, 0.05) is 30.2 Å². The van der Waals surface area contributed by atoms with Gasteiger partial charge in [0.1, 0.15) is 11.4 Å². The van der Waals surface area contributed by atoms with E-state index in [4.69, 9.17) is 4.98 Å². The molecule has 1 fully saturated rings. The molecule has 1 aliphatic heterocycles. The summed E-state index contributed by atoms with van der Waals surface area (Å²) in [6, 6.07) is 12.1. The van der Waals surface area contributed by atoms with Crippen molar-refractivity contribution in [1.29, 1.82) is 0 Å². The molecular weight excluding hydrogens is 466 g/mol. The summed E-state index contributed by atoms with van der Waals surface area (Å²) in [5.41, 5.74) is 2.53. The van der Waals surface area contributed by atoms with E-state index in [0.29, 0.717) is 29.4 Å². The summed E-state index contributed by atoms with van der Waals surface area (Å²) in [5.74, 6) is 0.929. The van der Waals surface area contributed by atoms with Gasteiger partial charge in [-0.2, -0.15) is 5.10 Å². The molecule has 4 heterocycles. The number of amides is 1. The quantitative estimate of drug-likeness (QED) is 0.307. The van der Waals surface area contributed by atoms with E-state index in [1.807, 2.05) is 51.2 Å². The first-order valence-electron chi connectivity index (χ1n) is 12.8. The SMILES string of the molecule is CCNC(=O)C(C)(C)n1cc(-c2cc3cc[nH]c(=O)c3c(Nc3ccc(C4CCNCC4)cc3)n2)cn1. The fourth-order valence-corrected chi connectivity index (χ4v) is 4.82. The molecule has 0 unspecified atom stereocenters. The van der Waals surface area contributed by atoms with E-state index in [1.54, 1.807) is 17.1 Å². The number of carbonyl (C=O) groups excluding carboxylic acids is 1. The lowest BCUT2D eigenvalue weighted by Gasteiger charge is -2.23. The summed E-state index contributed by atoms with van der Waals surface area (Å²) in [4.78, 5) is 32.9. The lowest BCUT2D eigenvalue weighted by atomic mass is 9.90. The van der Waals surface area contributed by atoms with E-state index in [9.17, 15) is 9.59 Å². The molecule has 9 heteroatoms. The Balaban J connectivity index is 1.49. The number of piperidine rings is 1. The van der Waals surface area contributed by atoms with E-state index in [1.165, 1.54) is 5.56 Å². The van der Waals surface area contributed by atoms with Crippen LogP contribution in [0.4, 0.5) is 11.5 Å². The van der Waals surface area contributed by atoms with Gasteiger partial charge in [-0.1, -0.05) is 12.1 Å². The Hall–Kier alpha value is -3.98. The van der Waals surface area contributed by atoms with Crippen molar-refractivity contribution < 1.29 is 4.79 Å². The van der Waals surface area contributed by atoms with Crippen LogP contribution in [0.3, 0.4) is 0 Å². The van der Waals surface area contributed by atoms with E-state index < -0.39 is 5.54 Å². The molecule has 1 aromatic carbocycles. The van der Waals surface area contributed by atoms with Crippen molar-refractivity contribution in [3.05, 3.63) is 70.9 Å². The fraction of sp³-hybridized carbons (Fsp3) is 0.357. The van der Waals surface area contributed by atoms with Gasteiger partial charge in [-0.05, 0) is 87.8 Å². The molecular formula is C28H33N7O2. The van der Waals surface area contributed by atoms with Crippen molar-refractivity contribution in [2.45, 2.75) is 45.1 Å². The highest BCUT2D eigenvalue weighted by Gasteiger charge is 2.30. The Kier molecular flexibility index (Phi) is 6.80. The van der Waals surface area contributed by atoms with Crippen LogP contribution in [-0.2, 0) is 10.3 Å². The number of H-pyrrole nitrogens is 1. The molecule has 1 saturated heterocycles. The number of likely N-dealkylation sites (N-methyl/N-ethyl adjacent to an activating group) is 1. The van der Waals surface area contributed by atoms with Crippen LogP contribution in [0.5, 0.6) is 0 Å². The number of benzene rings is 1. The number of anilines is 2. The predicted molar refractivity (Wildman–Crippen MR) is 146 cm³/mol. The maximum absolute atomic E-state index is 12.8. The van der Waals surface area contributed by atoms with Crippen LogP contribution in [0.15, 0.2) is 59.8 Å². The molecule has 0 saturated carbocycles. The molecule has 192 valence electrons. The van der Waals surface area contributed by atoms with Crippen molar-refractivity contribution >= 4 is 28.2 Å². The highest BCUT2D eigenvalue weighted by Crippen LogP contribution is 2.30. The lowest BCUT2D eigenvalue weighted by Crippen LogP contribution is -2.44. The van der Waals surface area contributed by atoms with Crippen LogP contribution in [0, 0.1) is 0 Å². The second kappa shape index (κ2) is 10.2. The predicted octanol–water partition coefficient (Wildman–Crippen LogP) is 3.87. The first-order valence-corrected chi connectivity index (χ1v) is 12.8. The van der Waals surface area contributed by atoms with E-state index in [0.717, 1.165) is 42.6 Å². The lowest BCUT2D eigenvalue weighted by molar-refractivity contribution is -0.128. The van der Waals surface area contributed by atoms with Crippen LogP contribution < -0.4 is 21.5 Å². The Bertz CT molecular complexity index is 1460. The van der Waals surface area contributed by atoms with Crippen LogP contribution in [0.1, 0.15) is 45.1 Å². The number of aromatic nitrogens is 4. The summed E-state index contributed by atoms with van der Waals surface area (Å²) in [6.45, 7) is 8.18. The second-order valence-electron chi connectivity index (χ2n) is 9.99. The standard InChI is InChI=1S/C28H33N7O2/c1-4-30-27(37)28(2,3)35-17-21(16-32-35)23-15-20-11-14-31-26(36)24(20)25(34-23)33-22-7-5-18(6-8-22)19-9-12-29-13-10-19/h5-8,11,14-17,19,29H,4,9-10,12-13H2,1-3H3,(H,30,37)(H,31,36)(H,33,34). The van der Waals surface area contributed by atoms with Crippen molar-refractivity contribution in [1.82, 2.24) is 30.4 Å². The molecule has 3 aromatic heterocycles. The maximum atomic E-state index is 12.8. The molecule has 37 heavy (non-hydrogen) atoms. The number of rotatable bonds is 7. The monoisotopic (exact) mass is 499 g/mol. The van der Waals surface area contributed by atoms with Crippen LogP contribution >= 0.6 is 0 Å². The number of nitrogens with one attached hydrogen (secondary N) is 4. The Morgan fingerprint density at radius 3 is 2.65 bits per heavy atom. The number of nitrogens with zero attached hydrogens (tertiary/aromatic N) is 3. The third-order valence-electron chi connectivity index (χ3n) is 7.08. The molecule has 1 aliphatic rings. The van der Waals surface area contributed by atoms with Gasteiger partial charge in [-0.25, -0.2) is 4.98 Å². The molecule has 0 atom stereocenters. The topological polar surface area (TPSA) is 117 Å². The smallest absolute Gasteiger partial charge is 0.259 e. The van der Waals surface area contributed by atoms with Gasteiger partial charge in [0.2, 0.25) is 5.91 Å². The number of pyridine rings is 2. The molecule has 4 aromatic rings. The summed E-state index contributed by atoms with van der Waals surface area (Å²) in [5, 5.41) is 15.3. The largest absolute Gasteiger partial charge is 0.354 e. The van der Waals surface area contributed by atoms with E-state index in [-0.39, 0.29) is 11.5 Å². The Morgan fingerprint density at radius 2 is 1.92 bits per heavy atom. The minimum atomic E-state index is -0.862. The average Bonchev–Trinajstić information content (AvgIpc) is 3.41. The van der Waals surface area contributed by atoms with Crippen molar-refractivity contribution in [3.63, 3.8) is 0 Å². The molecule has 1 amide bonds. The molecule has 0 bridgehead atoms. The van der Waals surface area contributed by atoms with Gasteiger partial charge in [0.05, 0.1) is 17.3 Å². The third kappa shape index (κ3) is 4.99. The third-order valence-corrected chi connectivity index (χ3v) is 7.08. The van der Waals surface area contributed by atoms with Gasteiger partial charge >= 0.3 is 0 Å². The molecule has 0 radical (unpaired) electrons. The fourth-order valence-electron chi connectivity index (χ4n) is 4.82. The molecule has 5 rings (SSSR count). The van der Waals surface area contributed by atoms with Gasteiger partial charge in [0.15, 0.2) is 0 Å². The first kappa shape index (κ1) is 24.7. The Morgan fingerprint density at radius 1 is 1.16 bits per heavy atom. The van der Waals surface area contributed by atoms with Crippen LogP contribution in [0.2, 0.25) is 0 Å². The van der Waals surface area contributed by atoms with Crippen molar-refractivity contribution in [2.24, 2.45) is 0 Å². The highest BCUT2D eigenvalue weighted by molar-refractivity contribution is 5.95.